The van der Waals surface area contributed by atoms with Crippen LogP contribution in [0, 0.1) is 13.8 Å². The number of rotatable bonds is 2. The van der Waals surface area contributed by atoms with E-state index in [2.05, 4.69) is 36.6 Å². The van der Waals surface area contributed by atoms with Crippen molar-refractivity contribution in [2.45, 2.75) is 20.3 Å². The molecule has 0 unspecified atom stereocenters. The minimum Gasteiger partial charge on any atom is -0.347 e. The molecule has 78 valence electrons. The number of carbonyl (C=O) groups is 1. The van der Waals surface area contributed by atoms with Crippen molar-refractivity contribution in [3.8, 4) is 0 Å². The molecule has 2 aromatic rings. The normalized spacial score (nSPS) is 10.9. The Balaban J connectivity index is 2.75. The van der Waals surface area contributed by atoms with Gasteiger partial charge in [0.1, 0.15) is 6.29 Å². The summed E-state index contributed by atoms with van der Waals surface area (Å²) in [6, 6.07) is 6.44. The summed E-state index contributed by atoms with van der Waals surface area (Å²) in [5.74, 6) is 0. The lowest BCUT2D eigenvalue weighted by atomic mass is 10.1. The monoisotopic (exact) mass is 201 g/mol. The van der Waals surface area contributed by atoms with E-state index in [-0.39, 0.29) is 0 Å². The molecule has 2 rings (SSSR count). The predicted molar refractivity (Wildman–Crippen MR) is 62.2 cm³/mol. The Labute approximate surface area is 89.5 Å². The van der Waals surface area contributed by atoms with Gasteiger partial charge in [0.15, 0.2) is 0 Å². The predicted octanol–water partition coefficient (Wildman–Crippen LogP) is 2.54. The van der Waals surface area contributed by atoms with Crippen LogP contribution in [0.25, 0.3) is 10.9 Å². The van der Waals surface area contributed by atoms with Crippen molar-refractivity contribution >= 4 is 17.2 Å². The minimum atomic E-state index is 0.490. The molecule has 2 nitrogen and oxygen atoms in total. The van der Waals surface area contributed by atoms with Crippen LogP contribution < -0.4 is 0 Å². The molecule has 0 saturated heterocycles. The number of benzene rings is 1. The highest BCUT2D eigenvalue weighted by molar-refractivity contribution is 5.85. The molecule has 0 amide bonds. The van der Waals surface area contributed by atoms with Crippen molar-refractivity contribution in [2.24, 2.45) is 7.05 Å². The largest absolute Gasteiger partial charge is 0.347 e. The molecular formula is C13H15NO. The highest BCUT2D eigenvalue weighted by atomic mass is 16.1. The highest BCUT2D eigenvalue weighted by Crippen LogP contribution is 2.23. The maximum atomic E-state index is 10.5. The molecule has 15 heavy (non-hydrogen) atoms. The lowest BCUT2D eigenvalue weighted by molar-refractivity contribution is -0.107. The average molecular weight is 201 g/mol. The van der Waals surface area contributed by atoms with Gasteiger partial charge in [-0.25, -0.2) is 0 Å². The van der Waals surface area contributed by atoms with Crippen LogP contribution in [-0.4, -0.2) is 10.9 Å². The van der Waals surface area contributed by atoms with E-state index in [1.165, 1.54) is 22.0 Å². The van der Waals surface area contributed by atoms with Crippen LogP contribution in [0.5, 0.6) is 0 Å². The van der Waals surface area contributed by atoms with Crippen LogP contribution in [0.4, 0.5) is 0 Å². The van der Waals surface area contributed by atoms with E-state index in [4.69, 9.17) is 0 Å². The van der Waals surface area contributed by atoms with Crippen LogP contribution in [0.1, 0.15) is 16.8 Å². The first-order valence-corrected chi connectivity index (χ1v) is 5.12. The Kier molecular flexibility index (Phi) is 2.35. The zero-order valence-corrected chi connectivity index (χ0v) is 9.37. The first-order chi connectivity index (χ1) is 7.13. The van der Waals surface area contributed by atoms with Crippen molar-refractivity contribution in [2.75, 3.05) is 0 Å². The summed E-state index contributed by atoms with van der Waals surface area (Å²) >= 11 is 0. The second kappa shape index (κ2) is 3.54. The fourth-order valence-corrected chi connectivity index (χ4v) is 2.26. The maximum absolute atomic E-state index is 10.5. The second-order valence-corrected chi connectivity index (χ2v) is 4.09. The average Bonchev–Trinajstić information content (AvgIpc) is 2.43. The van der Waals surface area contributed by atoms with Crippen LogP contribution in [-0.2, 0) is 18.3 Å². The van der Waals surface area contributed by atoms with Gasteiger partial charge in [0, 0.05) is 24.5 Å². The number of carbonyl (C=O) groups excluding carboxylic acids is 1. The van der Waals surface area contributed by atoms with Gasteiger partial charge in [0.05, 0.1) is 5.52 Å². The molecule has 1 aromatic carbocycles. The van der Waals surface area contributed by atoms with Crippen LogP contribution >= 0.6 is 0 Å². The third-order valence-corrected chi connectivity index (χ3v) is 2.86. The smallest absolute Gasteiger partial charge is 0.125 e. The number of fused-ring (bicyclic) bond motifs is 1. The van der Waals surface area contributed by atoms with Gasteiger partial charge in [0.25, 0.3) is 0 Å². The summed E-state index contributed by atoms with van der Waals surface area (Å²) in [6.45, 7) is 4.21. The first-order valence-electron chi connectivity index (χ1n) is 5.12. The number of aryl methyl sites for hydroxylation is 3. The van der Waals surface area contributed by atoms with E-state index < -0.39 is 0 Å². The molecule has 1 aromatic heterocycles. The fraction of sp³-hybridized carbons (Fsp3) is 0.308. The molecule has 0 fully saturated rings. The van der Waals surface area contributed by atoms with Crippen LogP contribution in [0.2, 0.25) is 0 Å². The molecule has 0 saturated carbocycles. The molecule has 0 radical (unpaired) electrons. The zero-order chi connectivity index (χ0) is 11.0. The summed E-state index contributed by atoms with van der Waals surface area (Å²) < 4.78 is 2.11. The van der Waals surface area contributed by atoms with Gasteiger partial charge in [0.2, 0.25) is 0 Å². The molecule has 0 aliphatic heterocycles. The van der Waals surface area contributed by atoms with Crippen LogP contribution in [0.15, 0.2) is 18.2 Å². The van der Waals surface area contributed by atoms with E-state index in [0.29, 0.717) is 6.42 Å². The third kappa shape index (κ3) is 1.56. The van der Waals surface area contributed by atoms with E-state index in [9.17, 15) is 4.79 Å². The fourth-order valence-electron chi connectivity index (χ4n) is 2.26. The molecular weight excluding hydrogens is 186 g/mol. The van der Waals surface area contributed by atoms with Gasteiger partial charge in [-0.15, -0.1) is 0 Å². The van der Waals surface area contributed by atoms with E-state index in [1.807, 2.05) is 7.05 Å². The number of hydrogen-bond acceptors (Lipinski definition) is 1. The highest BCUT2D eigenvalue weighted by Gasteiger charge is 2.07. The Hall–Kier alpha value is -1.57. The Morgan fingerprint density at radius 1 is 1.27 bits per heavy atom. The molecule has 0 spiro atoms. The van der Waals surface area contributed by atoms with Crippen LogP contribution in [0.3, 0.4) is 0 Å². The van der Waals surface area contributed by atoms with Gasteiger partial charge < -0.3 is 9.36 Å². The third-order valence-electron chi connectivity index (χ3n) is 2.86. The molecule has 0 atom stereocenters. The summed E-state index contributed by atoms with van der Waals surface area (Å²) in [6.07, 6.45) is 1.44. The van der Waals surface area contributed by atoms with Crippen molar-refractivity contribution in [1.82, 2.24) is 4.57 Å². The number of aromatic nitrogens is 1. The molecule has 0 aliphatic carbocycles. The molecule has 1 heterocycles. The van der Waals surface area contributed by atoms with Crippen molar-refractivity contribution in [3.05, 3.63) is 35.0 Å². The van der Waals surface area contributed by atoms with Crippen molar-refractivity contribution in [1.29, 1.82) is 0 Å². The SMILES string of the molecule is Cc1cc(C)c2c(c1)cc(CC=O)n2C. The van der Waals surface area contributed by atoms with Crippen molar-refractivity contribution < 1.29 is 4.79 Å². The Morgan fingerprint density at radius 2 is 2.00 bits per heavy atom. The zero-order valence-electron chi connectivity index (χ0n) is 9.37. The topological polar surface area (TPSA) is 22.0 Å². The number of aldehydes is 1. The van der Waals surface area contributed by atoms with Gasteiger partial charge in [-0.3, -0.25) is 0 Å². The van der Waals surface area contributed by atoms with E-state index in [0.717, 1.165) is 12.0 Å². The van der Waals surface area contributed by atoms with E-state index >= 15 is 0 Å². The molecule has 2 heteroatoms. The van der Waals surface area contributed by atoms with E-state index in [1.54, 1.807) is 0 Å². The Bertz CT molecular complexity index is 523. The Morgan fingerprint density at radius 3 is 2.67 bits per heavy atom. The number of hydrogen-bond donors (Lipinski definition) is 0. The second-order valence-electron chi connectivity index (χ2n) is 4.09. The molecule has 0 aliphatic rings. The molecule has 0 bridgehead atoms. The summed E-state index contributed by atoms with van der Waals surface area (Å²) in [5, 5.41) is 1.23. The quantitative estimate of drug-likeness (QED) is 0.684. The summed E-state index contributed by atoms with van der Waals surface area (Å²) in [7, 11) is 2.02. The summed E-state index contributed by atoms with van der Waals surface area (Å²) in [5.41, 5.74) is 4.85. The standard InChI is InChI=1S/C13H15NO/c1-9-6-10(2)13-11(7-9)8-12(4-5-15)14(13)3/h5-8H,4H2,1-3H3. The minimum absolute atomic E-state index is 0.490. The van der Waals surface area contributed by atoms with Gasteiger partial charge in [-0.05, 0) is 31.5 Å². The van der Waals surface area contributed by atoms with Crippen molar-refractivity contribution in [3.63, 3.8) is 0 Å². The number of nitrogens with zero attached hydrogens (tertiary/aromatic N) is 1. The maximum Gasteiger partial charge on any atom is 0.125 e. The molecule has 0 N–H and O–H groups in total. The lowest BCUT2D eigenvalue weighted by Crippen LogP contribution is -1.97. The van der Waals surface area contributed by atoms with Gasteiger partial charge >= 0.3 is 0 Å². The first kappa shape index (κ1) is 9.97. The lowest BCUT2D eigenvalue weighted by Gasteiger charge is -2.04. The summed E-state index contributed by atoms with van der Waals surface area (Å²) in [4.78, 5) is 10.5. The van der Waals surface area contributed by atoms with Gasteiger partial charge in [-0.2, -0.15) is 0 Å². The van der Waals surface area contributed by atoms with Gasteiger partial charge in [-0.1, -0.05) is 11.6 Å².